The van der Waals surface area contributed by atoms with E-state index >= 15 is 0 Å². The van der Waals surface area contributed by atoms with Crippen LogP contribution in [-0.4, -0.2) is 38.0 Å². The van der Waals surface area contributed by atoms with Crippen LogP contribution in [0, 0.1) is 5.41 Å². The Bertz CT molecular complexity index is 295. The van der Waals surface area contributed by atoms with E-state index in [0.29, 0.717) is 23.7 Å². The Morgan fingerprint density at radius 3 is 2.75 bits per heavy atom. The zero-order valence-electron chi connectivity index (χ0n) is 13.0. The Hall–Kier alpha value is -0.120. The molecule has 3 nitrogen and oxygen atoms in total. The molecule has 1 N–H and O–H groups in total. The van der Waals surface area contributed by atoms with Crippen LogP contribution in [0.4, 0.5) is 0 Å². The monoisotopic (exact) mass is 281 g/mol. The Kier molecular flexibility index (Phi) is 5.00. The first-order chi connectivity index (χ1) is 9.85. The topological polar surface area (TPSA) is 30.5 Å². The van der Waals surface area contributed by atoms with Gasteiger partial charge >= 0.3 is 0 Å². The summed E-state index contributed by atoms with van der Waals surface area (Å²) in [6.07, 6.45) is 12.9. The van der Waals surface area contributed by atoms with Crippen molar-refractivity contribution >= 4 is 0 Å². The normalized spacial score (nSPS) is 36.1. The second-order valence-corrected chi connectivity index (χ2v) is 6.90. The van der Waals surface area contributed by atoms with Crippen LogP contribution in [0.5, 0.6) is 0 Å². The standard InChI is InChI=1S/C17H31NO2/c1-2-19-16-13-15(17(16)9-4-5-10-17)18-11-8-14-7-3-6-12-20-14/h14-16,18H,2-13H2,1H3. The molecule has 3 heteroatoms. The molecule has 1 saturated heterocycles. The number of ether oxygens (including phenoxy) is 2. The summed E-state index contributed by atoms with van der Waals surface area (Å²) in [5.41, 5.74) is 0.476. The van der Waals surface area contributed by atoms with Crippen LogP contribution >= 0.6 is 0 Å². The molecular formula is C17H31NO2. The zero-order chi connectivity index (χ0) is 13.8. The summed E-state index contributed by atoms with van der Waals surface area (Å²) >= 11 is 0. The fourth-order valence-corrected chi connectivity index (χ4v) is 4.63. The van der Waals surface area contributed by atoms with Crippen molar-refractivity contribution in [1.82, 2.24) is 5.32 Å². The SMILES string of the molecule is CCOC1CC(NCCC2CCCCO2)C12CCCC2. The van der Waals surface area contributed by atoms with Gasteiger partial charge in [0.2, 0.25) is 0 Å². The Balaban J connectivity index is 1.43. The Morgan fingerprint density at radius 1 is 1.20 bits per heavy atom. The molecule has 0 radical (unpaired) electrons. The van der Waals surface area contributed by atoms with Crippen LogP contribution < -0.4 is 5.32 Å². The molecule has 1 spiro atoms. The zero-order valence-corrected chi connectivity index (χ0v) is 13.0. The minimum absolute atomic E-state index is 0.476. The fourth-order valence-electron chi connectivity index (χ4n) is 4.63. The lowest BCUT2D eigenvalue weighted by Gasteiger charge is -2.54. The van der Waals surface area contributed by atoms with Gasteiger partial charge in [-0.2, -0.15) is 0 Å². The molecule has 2 saturated carbocycles. The van der Waals surface area contributed by atoms with Crippen LogP contribution in [0.25, 0.3) is 0 Å². The summed E-state index contributed by atoms with van der Waals surface area (Å²) in [4.78, 5) is 0. The molecule has 3 fully saturated rings. The van der Waals surface area contributed by atoms with Gasteiger partial charge in [0.1, 0.15) is 0 Å². The highest BCUT2D eigenvalue weighted by Gasteiger charge is 2.56. The van der Waals surface area contributed by atoms with E-state index in [1.54, 1.807) is 0 Å². The van der Waals surface area contributed by atoms with Crippen LogP contribution in [0.1, 0.15) is 64.7 Å². The van der Waals surface area contributed by atoms with Gasteiger partial charge in [0.25, 0.3) is 0 Å². The highest BCUT2D eigenvalue weighted by Crippen LogP contribution is 2.54. The molecule has 0 aromatic carbocycles. The molecule has 3 unspecified atom stereocenters. The van der Waals surface area contributed by atoms with E-state index < -0.39 is 0 Å². The molecule has 0 bridgehead atoms. The van der Waals surface area contributed by atoms with E-state index in [2.05, 4.69) is 12.2 Å². The smallest absolute Gasteiger partial charge is 0.0661 e. The molecule has 0 amide bonds. The largest absolute Gasteiger partial charge is 0.378 e. The quantitative estimate of drug-likeness (QED) is 0.810. The van der Waals surface area contributed by atoms with Gasteiger partial charge in [-0.25, -0.2) is 0 Å². The first-order valence-electron chi connectivity index (χ1n) is 8.82. The summed E-state index contributed by atoms with van der Waals surface area (Å²) in [6, 6.07) is 0.699. The lowest BCUT2D eigenvalue weighted by molar-refractivity contribution is -0.130. The minimum Gasteiger partial charge on any atom is -0.378 e. The van der Waals surface area contributed by atoms with E-state index in [1.165, 1.54) is 57.8 Å². The van der Waals surface area contributed by atoms with E-state index in [0.717, 1.165) is 19.8 Å². The van der Waals surface area contributed by atoms with Crippen molar-refractivity contribution < 1.29 is 9.47 Å². The number of hydrogen-bond donors (Lipinski definition) is 1. The molecule has 3 aliphatic rings. The molecule has 20 heavy (non-hydrogen) atoms. The molecule has 0 aromatic heterocycles. The predicted octanol–water partition coefficient (Wildman–Crippen LogP) is 3.27. The first-order valence-corrected chi connectivity index (χ1v) is 8.82. The van der Waals surface area contributed by atoms with Gasteiger partial charge in [0, 0.05) is 24.7 Å². The van der Waals surface area contributed by atoms with Crippen molar-refractivity contribution in [2.75, 3.05) is 19.8 Å². The summed E-state index contributed by atoms with van der Waals surface area (Å²) in [6.45, 7) is 5.10. The molecule has 1 aliphatic heterocycles. The summed E-state index contributed by atoms with van der Waals surface area (Å²) in [5, 5.41) is 3.83. The van der Waals surface area contributed by atoms with Gasteiger partial charge in [-0.1, -0.05) is 12.8 Å². The van der Waals surface area contributed by atoms with Gasteiger partial charge in [0.05, 0.1) is 12.2 Å². The highest BCUT2D eigenvalue weighted by atomic mass is 16.5. The van der Waals surface area contributed by atoms with Crippen molar-refractivity contribution in [2.24, 2.45) is 5.41 Å². The summed E-state index contributed by atoms with van der Waals surface area (Å²) in [5.74, 6) is 0. The summed E-state index contributed by atoms with van der Waals surface area (Å²) < 4.78 is 11.8. The maximum atomic E-state index is 5.98. The van der Waals surface area contributed by atoms with Gasteiger partial charge in [-0.05, 0) is 58.4 Å². The third kappa shape index (κ3) is 2.90. The second kappa shape index (κ2) is 6.76. The molecule has 116 valence electrons. The second-order valence-electron chi connectivity index (χ2n) is 6.90. The molecule has 1 heterocycles. The average molecular weight is 281 g/mol. The van der Waals surface area contributed by atoms with Gasteiger partial charge < -0.3 is 14.8 Å². The number of hydrogen-bond acceptors (Lipinski definition) is 3. The average Bonchev–Trinajstić information content (AvgIpc) is 2.99. The maximum Gasteiger partial charge on any atom is 0.0661 e. The maximum absolute atomic E-state index is 5.98. The van der Waals surface area contributed by atoms with E-state index in [1.807, 2.05) is 0 Å². The first kappa shape index (κ1) is 14.8. The van der Waals surface area contributed by atoms with Crippen molar-refractivity contribution in [3.63, 3.8) is 0 Å². The minimum atomic E-state index is 0.476. The van der Waals surface area contributed by atoms with Gasteiger partial charge in [0.15, 0.2) is 0 Å². The predicted molar refractivity (Wildman–Crippen MR) is 80.9 cm³/mol. The number of nitrogens with one attached hydrogen (secondary N) is 1. The van der Waals surface area contributed by atoms with Crippen LogP contribution in [0.2, 0.25) is 0 Å². The van der Waals surface area contributed by atoms with Crippen LogP contribution in [-0.2, 0) is 9.47 Å². The van der Waals surface area contributed by atoms with Crippen molar-refractivity contribution in [1.29, 1.82) is 0 Å². The van der Waals surface area contributed by atoms with Crippen molar-refractivity contribution in [3.05, 3.63) is 0 Å². The molecular weight excluding hydrogens is 250 g/mol. The van der Waals surface area contributed by atoms with Crippen LogP contribution in [0.15, 0.2) is 0 Å². The van der Waals surface area contributed by atoms with E-state index in [4.69, 9.17) is 9.47 Å². The number of rotatable bonds is 6. The van der Waals surface area contributed by atoms with Crippen LogP contribution in [0.3, 0.4) is 0 Å². The lowest BCUT2D eigenvalue weighted by atomic mass is 9.60. The van der Waals surface area contributed by atoms with Crippen molar-refractivity contribution in [2.45, 2.75) is 83.0 Å². The molecule has 3 rings (SSSR count). The third-order valence-corrected chi connectivity index (χ3v) is 5.82. The lowest BCUT2D eigenvalue weighted by Crippen LogP contribution is -2.62. The molecule has 0 aromatic rings. The molecule has 2 aliphatic carbocycles. The van der Waals surface area contributed by atoms with Gasteiger partial charge in [-0.3, -0.25) is 0 Å². The Morgan fingerprint density at radius 2 is 2.05 bits per heavy atom. The van der Waals surface area contributed by atoms with Crippen molar-refractivity contribution in [3.8, 4) is 0 Å². The third-order valence-electron chi connectivity index (χ3n) is 5.82. The Labute approximate surface area is 123 Å². The molecule has 3 atom stereocenters. The summed E-state index contributed by atoms with van der Waals surface area (Å²) in [7, 11) is 0. The van der Waals surface area contributed by atoms with E-state index in [-0.39, 0.29) is 0 Å². The van der Waals surface area contributed by atoms with Gasteiger partial charge in [-0.15, -0.1) is 0 Å². The van der Waals surface area contributed by atoms with E-state index in [9.17, 15) is 0 Å². The fraction of sp³-hybridized carbons (Fsp3) is 1.00. The highest BCUT2D eigenvalue weighted by molar-refractivity contribution is 5.09.